The van der Waals surface area contributed by atoms with Crippen LogP contribution in [0.1, 0.15) is 9.46 Å². The van der Waals surface area contributed by atoms with Gasteiger partial charge in [-0.05, 0) is 35.7 Å². The molecule has 0 saturated carbocycles. The molecule has 0 radical (unpaired) electrons. The molecule has 0 spiro atoms. The maximum absolute atomic E-state index is 13.1. The second-order valence-electron chi connectivity index (χ2n) is 5.06. The highest BCUT2D eigenvalue weighted by Gasteiger charge is 2.41. The van der Waals surface area contributed by atoms with Gasteiger partial charge in [0, 0.05) is 4.88 Å². The maximum Gasteiger partial charge on any atom is 0.205 e. The van der Waals surface area contributed by atoms with E-state index in [9.17, 15) is 16.8 Å². The number of sulfone groups is 2. The van der Waals surface area contributed by atoms with Crippen LogP contribution in [0.5, 0.6) is 0 Å². The molecule has 0 bridgehead atoms. The zero-order valence-corrected chi connectivity index (χ0v) is 14.9. The van der Waals surface area contributed by atoms with Crippen molar-refractivity contribution in [1.82, 2.24) is 0 Å². The van der Waals surface area contributed by atoms with E-state index in [4.69, 9.17) is 0 Å². The molecule has 1 aromatic heterocycles. The van der Waals surface area contributed by atoms with E-state index in [1.54, 1.807) is 47.8 Å². The minimum Gasteiger partial charge on any atom is -0.222 e. The number of thiophene rings is 1. The molecule has 0 saturated heterocycles. The van der Waals surface area contributed by atoms with Crippen molar-refractivity contribution in [3.63, 3.8) is 0 Å². The molecule has 4 nitrogen and oxygen atoms in total. The highest BCUT2D eigenvalue weighted by Crippen LogP contribution is 2.39. The summed E-state index contributed by atoms with van der Waals surface area (Å²) in [5.74, 6) is 0. The zero-order chi connectivity index (χ0) is 17.2. The molecule has 1 heterocycles. The summed E-state index contributed by atoms with van der Waals surface area (Å²) in [5.41, 5.74) is 0. The Labute approximate surface area is 145 Å². The third kappa shape index (κ3) is 3.02. The summed E-state index contributed by atoms with van der Waals surface area (Å²) in [6.07, 6.45) is 0. The fourth-order valence-corrected chi connectivity index (χ4v) is 8.38. The van der Waals surface area contributed by atoms with Gasteiger partial charge < -0.3 is 0 Å². The van der Waals surface area contributed by atoms with Crippen LogP contribution in [0.15, 0.2) is 88.0 Å². The topological polar surface area (TPSA) is 68.3 Å². The SMILES string of the molecule is O=S(=O)(c1ccccc1)C(c1cccs1)S(=O)(=O)c1ccccc1. The Balaban J connectivity index is 2.24. The van der Waals surface area contributed by atoms with Crippen LogP contribution in [-0.2, 0) is 19.7 Å². The highest BCUT2D eigenvalue weighted by molar-refractivity contribution is 8.08. The van der Waals surface area contributed by atoms with Gasteiger partial charge in [-0.2, -0.15) is 0 Å². The lowest BCUT2D eigenvalue weighted by molar-refractivity contribution is 0.577. The quantitative estimate of drug-likeness (QED) is 0.679. The number of benzene rings is 2. The lowest BCUT2D eigenvalue weighted by Gasteiger charge is -2.17. The summed E-state index contributed by atoms with van der Waals surface area (Å²) in [4.78, 5) is 0.258. The van der Waals surface area contributed by atoms with Crippen LogP contribution in [0.4, 0.5) is 0 Å². The lowest BCUT2D eigenvalue weighted by Crippen LogP contribution is -2.22. The number of hydrogen-bond acceptors (Lipinski definition) is 5. The predicted octanol–water partition coefficient (Wildman–Crippen LogP) is 3.69. The van der Waals surface area contributed by atoms with Crippen molar-refractivity contribution in [2.45, 2.75) is 14.4 Å². The van der Waals surface area contributed by atoms with Crippen LogP contribution in [0.2, 0.25) is 0 Å². The summed E-state index contributed by atoms with van der Waals surface area (Å²) in [5, 5.41) is 1.67. The average Bonchev–Trinajstić information content (AvgIpc) is 3.10. The first kappa shape index (κ1) is 16.9. The largest absolute Gasteiger partial charge is 0.222 e. The summed E-state index contributed by atoms with van der Waals surface area (Å²) >= 11 is 1.12. The van der Waals surface area contributed by atoms with Gasteiger partial charge in [-0.1, -0.05) is 42.5 Å². The summed E-state index contributed by atoms with van der Waals surface area (Å²) in [6.45, 7) is 0. The Morgan fingerprint density at radius 1 is 0.625 bits per heavy atom. The minimum atomic E-state index is -4.11. The van der Waals surface area contributed by atoms with Crippen molar-refractivity contribution in [1.29, 1.82) is 0 Å². The van der Waals surface area contributed by atoms with Crippen molar-refractivity contribution < 1.29 is 16.8 Å². The first-order valence-corrected chi connectivity index (χ1v) is 11.0. The van der Waals surface area contributed by atoms with Gasteiger partial charge in [0.1, 0.15) is 0 Å². The van der Waals surface area contributed by atoms with E-state index >= 15 is 0 Å². The lowest BCUT2D eigenvalue weighted by atomic mass is 10.4. The van der Waals surface area contributed by atoms with E-state index in [2.05, 4.69) is 0 Å². The maximum atomic E-state index is 13.1. The number of hydrogen-bond donors (Lipinski definition) is 0. The Bertz CT molecular complexity index is 938. The molecule has 24 heavy (non-hydrogen) atoms. The van der Waals surface area contributed by atoms with E-state index in [0.29, 0.717) is 0 Å². The monoisotopic (exact) mass is 378 g/mol. The van der Waals surface area contributed by atoms with E-state index in [-0.39, 0.29) is 14.7 Å². The average molecular weight is 378 g/mol. The molecule has 124 valence electrons. The van der Waals surface area contributed by atoms with E-state index in [1.165, 1.54) is 30.3 Å². The molecule has 3 aromatic rings. The standard InChI is InChI=1S/C17H14O4S3/c18-23(19,14-8-3-1-4-9-14)17(16-12-7-13-22-16)24(20,21)15-10-5-2-6-11-15/h1-13,17H. The fraction of sp³-hybridized carbons (Fsp3) is 0.0588. The predicted molar refractivity (Wildman–Crippen MR) is 94.3 cm³/mol. The third-order valence-electron chi connectivity index (χ3n) is 3.48. The van der Waals surface area contributed by atoms with Gasteiger partial charge in [-0.3, -0.25) is 0 Å². The van der Waals surface area contributed by atoms with Gasteiger partial charge in [0.15, 0.2) is 0 Å². The Morgan fingerprint density at radius 2 is 1.08 bits per heavy atom. The summed E-state index contributed by atoms with van der Waals surface area (Å²) < 4.78 is 50.7. The second-order valence-corrected chi connectivity index (χ2v) is 10.4. The summed E-state index contributed by atoms with van der Waals surface area (Å²) in [7, 11) is -8.21. The van der Waals surface area contributed by atoms with Crippen LogP contribution >= 0.6 is 11.3 Å². The number of rotatable bonds is 5. The van der Waals surface area contributed by atoms with Gasteiger partial charge in [-0.25, -0.2) is 16.8 Å². The van der Waals surface area contributed by atoms with Crippen LogP contribution < -0.4 is 0 Å². The second kappa shape index (κ2) is 6.51. The molecule has 3 rings (SSSR count). The molecule has 0 N–H and O–H groups in total. The molecule has 0 aliphatic carbocycles. The van der Waals surface area contributed by atoms with Gasteiger partial charge >= 0.3 is 0 Å². The minimum absolute atomic E-state index is 0.0112. The van der Waals surface area contributed by atoms with E-state index < -0.39 is 24.3 Å². The normalized spacial score (nSPS) is 12.4. The molecule has 0 amide bonds. The van der Waals surface area contributed by atoms with Crippen LogP contribution in [0.25, 0.3) is 0 Å². The molecular weight excluding hydrogens is 364 g/mol. The molecule has 0 aliphatic heterocycles. The van der Waals surface area contributed by atoms with Crippen molar-refractivity contribution in [2.24, 2.45) is 0 Å². The van der Waals surface area contributed by atoms with E-state index in [1.807, 2.05) is 0 Å². The van der Waals surface area contributed by atoms with Crippen molar-refractivity contribution in [3.8, 4) is 0 Å². The first-order chi connectivity index (χ1) is 11.4. The molecule has 0 unspecified atom stereocenters. The Hall–Kier alpha value is -1.96. The van der Waals surface area contributed by atoms with Crippen LogP contribution in [-0.4, -0.2) is 16.8 Å². The molecule has 2 aromatic carbocycles. The van der Waals surface area contributed by atoms with Crippen molar-refractivity contribution >= 4 is 31.0 Å². The van der Waals surface area contributed by atoms with Gasteiger partial charge in [0.25, 0.3) is 0 Å². The van der Waals surface area contributed by atoms with Gasteiger partial charge in [0.05, 0.1) is 9.79 Å². The Kier molecular flexibility index (Phi) is 4.58. The van der Waals surface area contributed by atoms with Crippen LogP contribution in [0.3, 0.4) is 0 Å². The molecule has 0 atom stereocenters. The van der Waals surface area contributed by atoms with E-state index in [0.717, 1.165) is 11.3 Å². The summed E-state index contributed by atoms with van der Waals surface area (Å²) in [6, 6.07) is 18.5. The molecule has 0 fully saturated rings. The van der Waals surface area contributed by atoms with Crippen molar-refractivity contribution in [2.75, 3.05) is 0 Å². The fourth-order valence-electron chi connectivity index (χ4n) is 2.37. The molecule has 7 heteroatoms. The van der Waals surface area contributed by atoms with Crippen LogP contribution in [0, 0.1) is 0 Å². The highest BCUT2D eigenvalue weighted by atomic mass is 32.3. The Morgan fingerprint density at radius 3 is 1.46 bits per heavy atom. The van der Waals surface area contributed by atoms with Gasteiger partial charge in [-0.15, -0.1) is 11.3 Å². The van der Waals surface area contributed by atoms with Crippen molar-refractivity contribution in [3.05, 3.63) is 83.1 Å². The first-order valence-electron chi connectivity index (χ1n) is 7.05. The molecule has 0 aliphatic rings. The third-order valence-corrected chi connectivity index (χ3v) is 9.73. The molecular formula is C17H14O4S3. The zero-order valence-electron chi connectivity index (χ0n) is 12.4. The smallest absolute Gasteiger partial charge is 0.205 e. The van der Waals surface area contributed by atoms with Gasteiger partial charge in [0.2, 0.25) is 24.3 Å².